The molecule has 1 aromatic carbocycles. The highest BCUT2D eigenvalue weighted by Crippen LogP contribution is 2.27. The lowest BCUT2D eigenvalue weighted by atomic mass is 10.2. The second-order valence-corrected chi connectivity index (χ2v) is 5.82. The number of imide groups is 1. The number of anilines is 1. The Morgan fingerprint density at radius 1 is 1.05 bits per heavy atom. The molecule has 6 heteroatoms. The van der Waals surface area contributed by atoms with E-state index in [2.05, 4.69) is 16.8 Å². The number of piperazine rings is 1. The number of likely N-dealkylation sites (N-methyl/N-ethyl adjacent to an activating group) is 1. The number of benzene rings is 1. The number of methoxy groups -OCH3 is 1. The van der Waals surface area contributed by atoms with E-state index in [0.29, 0.717) is 11.4 Å². The predicted molar refractivity (Wildman–Crippen MR) is 83.0 cm³/mol. The number of carbonyl (C=O) groups is 2. The zero-order valence-electron chi connectivity index (χ0n) is 13.0. The van der Waals surface area contributed by atoms with Crippen molar-refractivity contribution >= 4 is 17.5 Å². The molecular weight excluding hydrogens is 282 g/mol. The number of nitrogens with zero attached hydrogens (tertiary/aromatic N) is 3. The minimum absolute atomic E-state index is 0.111. The molecule has 0 saturated carbocycles. The van der Waals surface area contributed by atoms with Crippen molar-refractivity contribution in [1.82, 2.24) is 9.80 Å². The Labute approximate surface area is 130 Å². The van der Waals surface area contributed by atoms with Crippen LogP contribution in [0.4, 0.5) is 5.69 Å². The summed E-state index contributed by atoms with van der Waals surface area (Å²) < 4.78 is 5.11. The Hall–Kier alpha value is -1.92. The first-order chi connectivity index (χ1) is 10.6. The molecule has 2 aliphatic heterocycles. The summed E-state index contributed by atoms with van der Waals surface area (Å²) >= 11 is 0. The van der Waals surface area contributed by atoms with Gasteiger partial charge in [0.25, 0.3) is 5.91 Å². The number of hydrogen-bond acceptors (Lipinski definition) is 5. The molecule has 3 rings (SSSR count). The predicted octanol–water partition coefficient (Wildman–Crippen LogP) is 0.574. The molecule has 118 valence electrons. The van der Waals surface area contributed by atoms with Gasteiger partial charge in [-0.25, -0.2) is 4.90 Å². The van der Waals surface area contributed by atoms with Crippen LogP contribution < -0.4 is 9.64 Å². The molecule has 0 aromatic heterocycles. The molecule has 2 aliphatic rings. The highest BCUT2D eigenvalue weighted by Gasteiger charge is 2.43. The van der Waals surface area contributed by atoms with Gasteiger partial charge in [-0.2, -0.15) is 0 Å². The van der Waals surface area contributed by atoms with Gasteiger partial charge in [0.1, 0.15) is 5.75 Å². The van der Waals surface area contributed by atoms with Crippen LogP contribution in [-0.2, 0) is 9.59 Å². The SMILES string of the molecule is COc1ccc(N2C(=O)C[C@H](N3CCN(C)CC3)C2=O)cc1. The van der Waals surface area contributed by atoms with Gasteiger partial charge in [-0.15, -0.1) is 0 Å². The molecule has 2 amide bonds. The summed E-state index contributed by atoms with van der Waals surface area (Å²) in [6.07, 6.45) is 0.272. The fraction of sp³-hybridized carbons (Fsp3) is 0.500. The van der Waals surface area contributed by atoms with E-state index in [0.717, 1.165) is 26.2 Å². The lowest BCUT2D eigenvalue weighted by molar-refractivity contribution is -0.123. The maximum absolute atomic E-state index is 12.7. The average Bonchev–Trinajstić information content (AvgIpc) is 2.83. The highest BCUT2D eigenvalue weighted by molar-refractivity contribution is 6.22. The summed E-state index contributed by atoms with van der Waals surface area (Å²) in [5.74, 6) is 0.470. The van der Waals surface area contributed by atoms with E-state index >= 15 is 0 Å². The smallest absolute Gasteiger partial charge is 0.251 e. The van der Waals surface area contributed by atoms with Gasteiger partial charge in [0.2, 0.25) is 5.91 Å². The normalized spacial score (nSPS) is 24.1. The summed E-state index contributed by atoms with van der Waals surface area (Å²) in [6.45, 7) is 3.52. The molecule has 2 saturated heterocycles. The van der Waals surface area contributed by atoms with Crippen molar-refractivity contribution in [2.24, 2.45) is 0 Å². The van der Waals surface area contributed by atoms with E-state index in [1.54, 1.807) is 31.4 Å². The fourth-order valence-corrected chi connectivity index (χ4v) is 3.04. The molecule has 2 fully saturated rings. The maximum Gasteiger partial charge on any atom is 0.251 e. The van der Waals surface area contributed by atoms with Crippen LogP contribution in [0, 0.1) is 0 Å². The molecular formula is C16H21N3O3. The monoisotopic (exact) mass is 303 g/mol. The van der Waals surface area contributed by atoms with Crippen molar-refractivity contribution in [2.45, 2.75) is 12.5 Å². The highest BCUT2D eigenvalue weighted by atomic mass is 16.5. The zero-order chi connectivity index (χ0) is 15.7. The molecule has 2 heterocycles. The van der Waals surface area contributed by atoms with Crippen LogP contribution in [0.3, 0.4) is 0 Å². The lowest BCUT2D eigenvalue weighted by Gasteiger charge is -2.35. The van der Waals surface area contributed by atoms with Crippen LogP contribution >= 0.6 is 0 Å². The van der Waals surface area contributed by atoms with Gasteiger partial charge in [0.05, 0.1) is 25.3 Å². The van der Waals surface area contributed by atoms with Crippen molar-refractivity contribution in [1.29, 1.82) is 0 Å². The molecule has 1 atom stereocenters. The summed E-state index contributed by atoms with van der Waals surface area (Å²) in [4.78, 5) is 30.6. The Morgan fingerprint density at radius 2 is 1.68 bits per heavy atom. The number of hydrogen-bond donors (Lipinski definition) is 0. The maximum atomic E-state index is 12.7. The molecule has 0 N–H and O–H groups in total. The third kappa shape index (κ3) is 2.71. The van der Waals surface area contributed by atoms with Gasteiger partial charge in [-0.1, -0.05) is 0 Å². The molecule has 0 aliphatic carbocycles. The Morgan fingerprint density at radius 3 is 2.27 bits per heavy atom. The molecule has 22 heavy (non-hydrogen) atoms. The minimum atomic E-state index is -0.316. The average molecular weight is 303 g/mol. The quantitative estimate of drug-likeness (QED) is 0.764. The van der Waals surface area contributed by atoms with E-state index in [1.165, 1.54) is 4.90 Å². The van der Waals surface area contributed by atoms with Crippen LogP contribution in [0.2, 0.25) is 0 Å². The first-order valence-electron chi connectivity index (χ1n) is 7.53. The molecule has 0 bridgehead atoms. The first kappa shape index (κ1) is 15.0. The van der Waals surface area contributed by atoms with Crippen molar-refractivity contribution in [3.8, 4) is 5.75 Å². The molecule has 0 unspecified atom stereocenters. The van der Waals surface area contributed by atoms with E-state index in [4.69, 9.17) is 4.74 Å². The van der Waals surface area contributed by atoms with Crippen LogP contribution in [0.25, 0.3) is 0 Å². The summed E-state index contributed by atoms with van der Waals surface area (Å²) in [5.41, 5.74) is 0.618. The van der Waals surface area contributed by atoms with E-state index < -0.39 is 0 Å². The van der Waals surface area contributed by atoms with E-state index in [9.17, 15) is 9.59 Å². The molecule has 0 spiro atoms. The van der Waals surface area contributed by atoms with Crippen LogP contribution in [-0.4, -0.2) is 68.0 Å². The summed E-state index contributed by atoms with van der Waals surface area (Å²) in [7, 11) is 3.66. The standard InChI is InChI=1S/C16H21N3O3/c1-17-7-9-18(10-8-17)14-11-15(20)19(16(14)21)12-3-5-13(22-2)6-4-12/h3-6,14H,7-11H2,1-2H3/t14-/m0/s1. The Bertz CT molecular complexity index is 565. The molecule has 0 radical (unpaired) electrons. The zero-order valence-corrected chi connectivity index (χ0v) is 13.0. The third-order valence-electron chi connectivity index (χ3n) is 4.43. The number of ether oxygens (including phenoxy) is 1. The molecule has 6 nitrogen and oxygen atoms in total. The van der Waals surface area contributed by atoms with E-state index in [-0.39, 0.29) is 24.3 Å². The van der Waals surface area contributed by atoms with Crippen LogP contribution in [0.15, 0.2) is 24.3 Å². The van der Waals surface area contributed by atoms with Gasteiger partial charge in [0, 0.05) is 26.2 Å². The number of amides is 2. The van der Waals surface area contributed by atoms with Gasteiger partial charge in [-0.05, 0) is 31.3 Å². The topological polar surface area (TPSA) is 53.1 Å². The van der Waals surface area contributed by atoms with E-state index in [1.807, 2.05) is 0 Å². The van der Waals surface area contributed by atoms with Crippen molar-refractivity contribution in [3.05, 3.63) is 24.3 Å². The molecule has 1 aromatic rings. The summed E-state index contributed by atoms with van der Waals surface area (Å²) in [5, 5.41) is 0. The minimum Gasteiger partial charge on any atom is -0.497 e. The third-order valence-corrected chi connectivity index (χ3v) is 4.43. The summed E-state index contributed by atoms with van der Waals surface area (Å²) in [6, 6.07) is 6.71. The number of rotatable bonds is 3. The first-order valence-corrected chi connectivity index (χ1v) is 7.53. The Balaban J connectivity index is 1.76. The fourth-order valence-electron chi connectivity index (χ4n) is 3.04. The van der Waals surface area contributed by atoms with Gasteiger partial charge >= 0.3 is 0 Å². The van der Waals surface area contributed by atoms with Crippen LogP contribution in [0.5, 0.6) is 5.75 Å². The van der Waals surface area contributed by atoms with Crippen molar-refractivity contribution < 1.29 is 14.3 Å². The number of carbonyl (C=O) groups excluding carboxylic acids is 2. The van der Waals surface area contributed by atoms with Crippen molar-refractivity contribution in [3.63, 3.8) is 0 Å². The van der Waals surface area contributed by atoms with Gasteiger partial charge in [-0.3, -0.25) is 14.5 Å². The largest absolute Gasteiger partial charge is 0.497 e. The van der Waals surface area contributed by atoms with Crippen LogP contribution in [0.1, 0.15) is 6.42 Å². The second-order valence-electron chi connectivity index (χ2n) is 5.82. The Kier molecular flexibility index (Phi) is 4.13. The van der Waals surface area contributed by atoms with Gasteiger partial charge < -0.3 is 9.64 Å². The lowest BCUT2D eigenvalue weighted by Crippen LogP contribution is -2.51. The van der Waals surface area contributed by atoms with Gasteiger partial charge in [0.15, 0.2) is 0 Å². The van der Waals surface area contributed by atoms with Crippen molar-refractivity contribution in [2.75, 3.05) is 45.2 Å². The second kappa shape index (κ2) is 6.06.